The van der Waals surface area contributed by atoms with Crippen LogP contribution in [0.25, 0.3) is 65.7 Å². The van der Waals surface area contributed by atoms with Crippen molar-refractivity contribution >= 4 is 32.3 Å². The van der Waals surface area contributed by atoms with Crippen LogP contribution in [0, 0.1) is 0 Å². The highest BCUT2D eigenvalue weighted by Gasteiger charge is 2.21. The van der Waals surface area contributed by atoms with E-state index < -0.39 is 0 Å². The fourth-order valence-electron chi connectivity index (χ4n) is 5.98. The molecule has 1 aliphatic rings. The van der Waals surface area contributed by atoms with Crippen LogP contribution in [0.1, 0.15) is 0 Å². The van der Waals surface area contributed by atoms with Crippen LogP contribution < -0.4 is 4.74 Å². The van der Waals surface area contributed by atoms with Crippen molar-refractivity contribution in [2.75, 3.05) is 0 Å². The molecule has 0 bridgehead atoms. The van der Waals surface area contributed by atoms with Gasteiger partial charge >= 0.3 is 0 Å². The summed E-state index contributed by atoms with van der Waals surface area (Å²) in [5.74, 6) is 1.83. The van der Waals surface area contributed by atoms with Gasteiger partial charge in [0.05, 0.1) is 0 Å². The average Bonchev–Trinajstić information content (AvgIpc) is 2.97. The Bertz CT molecular complexity index is 1990. The monoisotopic (exact) mass is 470 g/mol. The molecular weight excluding hydrogens is 448 g/mol. The average molecular weight is 471 g/mol. The van der Waals surface area contributed by atoms with E-state index in [1.807, 2.05) is 0 Å². The van der Waals surface area contributed by atoms with Gasteiger partial charge in [-0.05, 0) is 79.0 Å². The summed E-state index contributed by atoms with van der Waals surface area (Å²) in [7, 11) is 0. The van der Waals surface area contributed by atoms with Crippen molar-refractivity contribution in [1.82, 2.24) is 0 Å². The summed E-state index contributed by atoms with van der Waals surface area (Å²) in [4.78, 5) is 0. The molecule has 0 aliphatic carbocycles. The normalized spacial score (nSPS) is 12.0. The van der Waals surface area contributed by atoms with Gasteiger partial charge in [-0.1, -0.05) is 109 Å². The van der Waals surface area contributed by atoms with E-state index in [1.165, 1.54) is 60.1 Å². The molecule has 1 heteroatoms. The molecular formula is C36H22O. The zero-order chi connectivity index (χ0) is 24.3. The third kappa shape index (κ3) is 3.04. The summed E-state index contributed by atoms with van der Waals surface area (Å²) in [5, 5.41) is 7.48. The zero-order valence-corrected chi connectivity index (χ0v) is 20.1. The number of benzene rings is 7. The van der Waals surface area contributed by atoms with E-state index in [1.54, 1.807) is 0 Å². The van der Waals surface area contributed by atoms with Crippen LogP contribution in [0.5, 0.6) is 11.5 Å². The van der Waals surface area contributed by atoms with Crippen molar-refractivity contribution < 1.29 is 4.74 Å². The van der Waals surface area contributed by atoms with Crippen molar-refractivity contribution in [2.24, 2.45) is 0 Å². The lowest BCUT2D eigenvalue weighted by Gasteiger charge is -2.22. The molecule has 0 saturated heterocycles. The Morgan fingerprint density at radius 3 is 2.00 bits per heavy atom. The Balaban J connectivity index is 1.44. The highest BCUT2D eigenvalue weighted by Crippen LogP contribution is 2.48. The predicted molar refractivity (Wildman–Crippen MR) is 155 cm³/mol. The minimum Gasteiger partial charge on any atom is -0.456 e. The maximum atomic E-state index is 6.38. The Labute approximate surface area is 215 Å². The number of hydrogen-bond donors (Lipinski definition) is 0. The lowest BCUT2D eigenvalue weighted by molar-refractivity contribution is 0.487. The first-order valence-corrected chi connectivity index (χ1v) is 12.7. The van der Waals surface area contributed by atoms with Crippen LogP contribution in [-0.2, 0) is 0 Å². The molecule has 0 N–H and O–H groups in total. The van der Waals surface area contributed by atoms with Gasteiger partial charge in [0.15, 0.2) is 0 Å². The van der Waals surface area contributed by atoms with Gasteiger partial charge < -0.3 is 4.74 Å². The first-order valence-electron chi connectivity index (χ1n) is 12.7. The molecule has 0 saturated carbocycles. The van der Waals surface area contributed by atoms with E-state index >= 15 is 0 Å². The largest absolute Gasteiger partial charge is 0.456 e. The van der Waals surface area contributed by atoms with Crippen LogP contribution in [0.3, 0.4) is 0 Å². The highest BCUT2D eigenvalue weighted by atomic mass is 16.5. The summed E-state index contributed by atoms with van der Waals surface area (Å²) in [6.45, 7) is 0. The second kappa shape index (κ2) is 7.81. The Kier molecular flexibility index (Phi) is 4.29. The highest BCUT2D eigenvalue weighted by molar-refractivity contribution is 6.18. The maximum absolute atomic E-state index is 6.38. The predicted octanol–water partition coefficient (Wildman–Crippen LogP) is 10.3. The third-order valence-electron chi connectivity index (χ3n) is 7.64. The van der Waals surface area contributed by atoms with Gasteiger partial charge in [0, 0.05) is 10.9 Å². The molecule has 8 rings (SSSR count). The van der Waals surface area contributed by atoms with Gasteiger partial charge in [-0.25, -0.2) is 0 Å². The quantitative estimate of drug-likeness (QED) is 0.228. The molecule has 0 spiro atoms. The van der Waals surface area contributed by atoms with E-state index in [2.05, 4.69) is 133 Å². The molecule has 172 valence electrons. The van der Waals surface area contributed by atoms with Crippen LogP contribution >= 0.6 is 0 Å². The molecule has 7 aromatic rings. The maximum Gasteiger partial charge on any atom is 0.135 e. The summed E-state index contributed by atoms with van der Waals surface area (Å²) in [6.07, 6.45) is 0. The van der Waals surface area contributed by atoms with Crippen LogP contribution in [-0.4, -0.2) is 0 Å². The first-order chi connectivity index (χ1) is 18.3. The Morgan fingerprint density at radius 2 is 1.08 bits per heavy atom. The molecule has 37 heavy (non-hydrogen) atoms. The smallest absolute Gasteiger partial charge is 0.135 e. The van der Waals surface area contributed by atoms with Crippen molar-refractivity contribution in [1.29, 1.82) is 0 Å². The zero-order valence-electron chi connectivity index (χ0n) is 20.1. The molecule has 1 nitrogen and oxygen atoms in total. The van der Waals surface area contributed by atoms with Crippen molar-refractivity contribution in [2.45, 2.75) is 0 Å². The van der Waals surface area contributed by atoms with Gasteiger partial charge in [-0.15, -0.1) is 0 Å². The Hall–Kier alpha value is -4.88. The molecule has 0 fully saturated rings. The molecule has 0 amide bonds. The van der Waals surface area contributed by atoms with Gasteiger partial charge in [0.1, 0.15) is 11.5 Å². The van der Waals surface area contributed by atoms with Crippen molar-refractivity contribution in [3.05, 3.63) is 133 Å². The molecule has 1 aliphatic heterocycles. The summed E-state index contributed by atoms with van der Waals surface area (Å²) < 4.78 is 6.38. The molecule has 0 aromatic heterocycles. The van der Waals surface area contributed by atoms with E-state index in [0.29, 0.717) is 0 Å². The van der Waals surface area contributed by atoms with E-state index in [9.17, 15) is 0 Å². The number of fused-ring (bicyclic) bond motifs is 5. The lowest BCUT2D eigenvalue weighted by atomic mass is 9.87. The Morgan fingerprint density at radius 1 is 0.351 bits per heavy atom. The first kappa shape index (κ1) is 20.3. The number of rotatable bonds is 2. The van der Waals surface area contributed by atoms with Gasteiger partial charge in [-0.2, -0.15) is 0 Å². The molecule has 1 heterocycles. The van der Waals surface area contributed by atoms with E-state index in [0.717, 1.165) is 17.1 Å². The van der Waals surface area contributed by atoms with Gasteiger partial charge in [0.25, 0.3) is 0 Å². The SMILES string of the molecule is c1ccc(-c2cc3ccccc3c3cccc(-c4ccc5c(c4)-c4cccc6cccc(c46)O5)c23)cc1. The minimum absolute atomic E-state index is 0.906. The fraction of sp³-hybridized carbons (Fsp3) is 0. The van der Waals surface area contributed by atoms with Gasteiger partial charge in [0.2, 0.25) is 0 Å². The summed E-state index contributed by atoms with van der Waals surface area (Å²) >= 11 is 0. The van der Waals surface area contributed by atoms with E-state index in [4.69, 9.17) is 4.74 Å². The second-order valence-corrected chi connectivity index (χ2v) is 9.71. The number of hydrogen-bond acceptors (Lipinski definition) is 1. The van der Waals surface area contributed by atoms with Crippen LogP contribution in [0.15, 0.2) is 133 Å². The summed E-state index contributed by atoms with van der Waals surface area (Å²) in [6, 6.07) is 47.9. The molecule has 7 aromatic carbocycles. The minimum atomic E-state index is 0.906. The van der Waals surface area contributed by atoms with Crippen LogP contribution in [0.4, 0.5) is 0 Å². The number of ether oxygens (including phenoxy) is 1. The lowest BCUT2D eigenvalue weighted by Crippen LogP contribution is -1.97. The molecule has 0 radical (unpaired) electrons. The van der Waals surface area contributed by atoms with Crippen LogP contribution in [0.2, 0.25) is 0 Å². The summed E-state index contributed by atoms with van der Waals surface area (Å²) in [5.41, 5.74) is 7.27. The van der Waals surface area contributed by atoms with Crippen molar-refractivity contribution in [3.63, 3.8) is 0 Å². The second-order valence-electron chi connectivity index (χ2n) is 9.71. The molecule has 0 unspecified atom stereocenters. The topological polar surface area (TPSA) is 9.23 Å². The van der Waals surface area contributed by atoms with Gasteiger partial charge in [-0.3, -0.25) is 0 Å². The molecule has 0 atom stereocenters. The van der Waals surface area contributed by atoms with E-state index in [-0.39, 0.29) is 0 Å². The third-order valence-corrected chi connectivity index (χ3v) is 7.64. The standard InChI is InChI=1S/C36H22O/c1-2-9-23(10-3-1)31-21-25-11-4-5-14-27(25)29-17-8-15-28(36(29)31)26-19-20-33-32(22-26)30-16-6-12-24-13-7-18-34(37-33)35(24)30/h1-22H. The fourth-order valence-corrected chi connectivity index (χ4v) is 5.98. The van der Waals surface area contributed by atoms with Crippen molar-refractivity contribution in [3.8, 4) is 44.9 Å².